The van der Waals surface area contributed by atoms with E-state index in [1.807, 2.05) is 0 Å². The molecule has 0 aromatic heterocycles. The Morgan fingerprint density at radius 3 is 1.57 bits per heavy atom. The molecule has 21 heavy (non-hydrogen) atoms. The Hall–Kier alpha value is -2.20. The molecule has 0 aliphatic heterocycles. The van der Waals surface area contributed by atoms with E-state index in [1.165, 1.54) is 7.11 Å². The number of aliphatic carboxylic acids is 2. The molecule has 0 unspecified atom stereocenters. The highest BCUT2D eigenvalue weighted by atomic mass is 32.2. The minimum atomic E-state index is -3.67. The number of carbonyl (C=O) groups is 3. The first-order chi connectivity index (χ1) is 9.49. The van der Waals surface area contributed by atoms with Gasteiger partial charge in [0.1, 0.15) is 0 Å². The zero-order chi connectivity index (χ0) is 17.5. The molecule has 0 fully saturated rings. The van der Waals surface area contributed by atoms with Crippen LogP contribution in [0.25, 0.3) is 0 Å². The summed E-state index contributed by atoms with van der Waals surface area (Å²) in [6.45, 7) is 4.85. The van der Waals surface area contributed by atoms with Crippen molar-refractivity contribution < 1.29 is 42.3 Å². The number of hydrogen-bond acceptors (Lipinski definition) is 6. The van der Waals surface area contributed by atoms with E-state index in [1.54, 1.807) is 6.92 Å². The molecule has 3 N–H and O–H groups in total. The van der Waals surface area contributed by atoms with Gasteiger partial charge in [-0.05, 0) is 6.42 Å². The summed E-state index contributed by atoms with van der Waals surface area (Å²) in [6, 6.07) is 0. The van der Waals surface area contributed by atoms with Crippen LogP contribution >= 0.6 is 0 Å². The minimum absolute atomic E-state index is 0.132. The molecular weight excluding hydrogens is 308 g/mol. The lowest BCUT2D eigenvalue weighted by atomic mass is 10.5. The number of ether oxygens (including phenoxy) is 1. The maximum absolute atomic E-state index is 9.84. The average Bonchev–Trinajstić information content (AvgIpc) is 2.35. The van der Waals surface area contributed by atoms with Gasteiger partial charge in [-0.3, -0.25) is 4.55 Å². The standard InChI is InChI=1S/C4H4O4.C4H6O2.C3H8O3S/c5-3(6)1-2-4(7)8;1-3-4(5)6-2;1-2-3-7(4,5)6/h1-2H,(H,5,6)(H,7,8);3H,1H2,2H3;2-3H2,1H3,(H,4,5,6)/b2-1+;;. The van der Waals surface area contributed by atoms with Crippen LogP contribution in [0.5, 0.6) is 0 Å². The smallest absolute Gasteiger partial charge is 0.329 e. The quantitative estimate of drug-likeness (QED) is 0.368. The van der Waals surface area contributed by atoms with Gasteiger partial charge in [0.2, 0.25) is 0 Å². The highest BCUT2D eigenvalue weighted by Crippen LogP contribution is 1.83. The molecule has 0 spiro atoms. The fraction of sp³-hybridized carbons (Fsp3) is 0.364. The molecule has 0 bridgehead atoms. The summed E-state index contributed by atoms with van der Waals surface area (Å²) >= 11 is 0. The molecule has 0 atom stereocenters. The van der Waals surface area contributed by atoms with Gasteiger partial charge in [0.15, 0.2) is 0 Å². The van der Waals surface area contributed by atoms with E-state index in [0.717, 1.165) is 6.08 Å². The molecule has 0 saturated heterocycles. The van der Waals surface area contributed by atoms with Crippen molar-refractivity contribution in [1.29, 1.82) is 0 Å². The maximum atomic E-state index is 9.84. The second kappa shape index (κ2) is 14.2. The van der Waals surface area contributed by atoms with Crippen LogP contribution in [0.1, 0.15) is 13.3 Å². The van der Waals surface area contributed by atoms with Gasteiger partial charge in [0.05, 0.1) is 12.9 Å². The van der Waals surface area contributed by atoms with Gasteiger partial charge in [0.25, 0.3) is 10.1 Å². The number of hydrogen-bond donors (Lipinski definition) is 3. The number of carboxylic acid groups (broad SMARTS) is 2. The van der Waals surface area contributed by atoms with E-state index in [4.69, 9.17) is 14.8 Å². The van der Waals surface area contributed by atoms with Gasteiger partial charge in [-0.25, -0.2) is 14.4 Å². The number of esters is 1. The zero-order valence-corrected chi connectivity index (χ0v) is 12.4. The Morgan fingerprint density at radius 1 is 1.14 bits per heavy atom. The van der Waals surface area contributed by atoms with Gasteiger partial charge in [0, 0.05) is 18.2 Å². The van der Waals surface area contributed by atoms with Crippen LogP contribution in [-0.4, -0.2) is 54.0 Å². The summed E-state index contributed by atoms with van der Waals surface area (Å²) in [5.74, 6) is -3.04. The van der Waals surface area contributed by atoms with Crippen molar-refractivity contribution in [3.05, 3.63) is 24.8 Å². The summed E-state index contributed by atoms with van der Waals surface area (Å²) in [4.78, 5) is 28.9. The Kier molecular flexibility index (Phi) is 16.2. The molecule has 0 amide bonds. The van der Waals surface area contributed by atoms with Crippen molar-refractivity contribution >= 4 is 28.0 Å². The number of carboxylic acids is 2. The molecule has 9 nitrogen and oxygen atoms in total. The molecule has 0 saturated carbocycles. The molecule has 0 aromatic rings. The normalized spacial score (nSPS) is 9.48. The maximum Gasteiger partial charge on any atom is 0.329 e. The van der Waals surface area contributed by atoms with E-state index in [2.05, 4.69) is 11.3 Å². The molecule has 0 aliphatic rings. The van der Waals surface area contributed by atoms with E-state index < -0.39 is 28.0 Å². The molecule has 0 aromatic carbocycles. The van der Waals surface area contributed by atoms with Crippen molar-refractivity contribution in [2.45, 2.75) is 13.3 Å². The van der Waals surface area contributed by atoms with Gasteiger partial charge in [-0.1, -0.05) is 13.5 Å². The lowest BCUT2D eigenvalue weighted by Crippen LogP contribution is -2.01. The predicted octanol–water partition coefficient (Wildman–Crippen LogP) is 0.341. The molecule has 0 rings (SSSR count). The van der Waals surface area contributed by atoms with Crippen molar-refractivity contribution in [1.82, 2.24) is 0 Å². The average molecular weight is 326 g/mol. The zero-order valence-electron chi connectivity index (χ0n) is 11.6. The third kappa shape index (κ3) is 38.1. The summed E-state index contributed by atoms with van der Waals surface area (Å²) in [5, 5.41) is 15.6. The monoisotopic (exact) mass is 326 g/mol. The third-order valence-corrected chi connectivity index (χ3v) is 2.12. The Labute approximate surface area is 122 Å². The first-order valence-electron chi connectivity index (χ1n) is 5.29. The van der Waals surface area contributed by atoms with Gasteiger partial charge >= 0.3 is 17.9 Å². The van der Waals surface area contributed by atoms with Crippen LogP contribution in [0.15, 0.2) is 24.8 Å². The first-order valence-corrected chi connectivity index (χ1v) is 6.90. The summed E-state index contributed by atoms with van der Waals surface area (Å²) in [6.07, 6.45) is 2.70. The molecule has 0 aliphatic carbocycles. The second-order valence-electron chi connectivity index (χ2n) is 3.02. The predicted molar refractivity (Wildman–Crippen MR) is 73.3 cm³/mol. The minimum Gasteiger partial charge on any atom is -0.478 e. The van der Waals surface area contributed by atoms with Crippen molar-refractivity contribution in [2.75, 3.05) is 12.9 Å². The summed E-state index contributed by atoms with van der Waals surface area (Å²) in [7, 11) is -2.36. The molecule has 0 radical (unpaired) electrons. The fourth-order valence-electron chi connectivity index (χ4n) is 0.484. The van der Waals surface area contributed by atoms with Crippen molar-refractivity contribution in [3.8, 4) is 0 Å². The fourth-order valence-corrected chi connectivity index (χ4v) is 1.000. The van der Waals surface area contributed by atoms with Crippen LogP contribution in [0.4, 0.5) is 0 Å². The SMILES string of the molecule is C=CC(=O)OC.CCCS(=O)(=O)O.O=C(O)/C=C/C(=O)O. The third-order valence-electron chi connectivity index (χ3n) is 1.20. The van der Waals surface area contributed by atoms with Crippen molar-refractivity contribution in [3.63, 3.8) is 0 Å². The second-order valence-corrected chi connectivity index (χ2v) is 4.60. The first kappa shape index (κ1) is 23.9. The number of methoxy groups -OCH3 is 1. The Morgan fingerprint density at radius 2 is 1.52 bits per heavy atom. The van der Waals surface area contributed by atoms with Crippen molar-refractivity contribution in [2.24, 2.45) is 0 Å². The highest BCUT2D eigenvalue weighted by molar-refractivity contribution is 7.85. The molecular formula is C11H18O9S. The van der Waals surface area contributed by atoms with E-state index in [9.17, 15) is 22.8 Å². The highest BCUT2D eigenvalue weighted by Gasteiger charge is 1.98. The molecule has 10 heteroatoms. The van der Waals surface area contributed by atoms with E-state index >= 15 is 0 Å². The van der Waals surface area contributed by atoms with E-state index in [0.29, 0.717) is 18.6 Å². The lowest BCUT2D eigenvalue weighted by Gasteiger charge is -1.85. The Bertz CT molecular complexity index is 446. The van der Waals surface area contributed by atoms with Crippen LogP contribution in [0, 0.1) is 0 Å². The van der Waals surface area contributed by atoms with Crippen LogP contribution in [0.2, 0.25) is 0 Å². The van der Waals surface area contributed by atoms with Crippen LogP contribution in [0.3, 0.4) is 0 Å². The Balaban J connectivity index is -0.000000234. The molecule has 122 valence electrons. The van der Waals surface area contributed by atoms with Crippen LogP contribution in [-0.2, 0) is 29.2 Å². The largest absolute Gasteiger partial charge is 0.478 e. The number of rotatable bonds is 5. The van der Waals surface area contributed by atoms with Gasteiger partial charge in [-0.15, -0.1) is 0 Å². The van der Waals surface area contributed by atoms with E-state index in [-0.39, 0.29) is 5.75 Å². The topological polar surface area (TPSA) is 155 Å². The van der Waals surface area contributed by atoms with Gasteiger partial charge in [-0.2, -0.15) is 8.42 Å². The summed E-state index contributed by atoms with van der Waals surface area (Å²) < 4.78 is 31.7. The molecule has 0 heterocycles. The summed E-state index contributed by atoms with van der Waals surface area (Å²) in [5.41, 5.74) is 0. The van der Waals surface area contributed by atoms with Crippen LogP contribution < -0.4 is 0 Å². The number of carbonyl (C=O) groups excluding carboxylic acids is 1. The van der Waals surface area contributed by atoms with Gasteiger partial charge < -0.3 is 14.9 Å². The lowest BCUT2D eigenvalue weighted by molar-refractivity contribution is -0.135.